The lowest BCUT2D eigenvalue weighted by molar-refractivity contribution is -0.136. The van der Waals surface area contributed by atoms with Crippen molar-refractivity contribution in [2.24, 2.45) is 11.8 Å². The summed E-state index contributed by atoms with van der Waals surface area (Å²) in [6.45, 7) is 4.47. The predicted octanol–water partition coefficient (Wildman–Crippen LogP) is 3.95. The maximum Gasteiger partial charge on any atom is 0.227 e. The summed E-state index contributed by atoms with van der Waals surface area (Å²) < 4.78 is 0. The van der Waals surface area contributed by atoms with Gasteiger partial charge in [-0.1, -0.05) is 42.5 Å². The van der Waals surface area contributed by atoms with Crippen LogP contribution in [0.5, 0.6) is 0 Å². The molecule has 1 saturated heterocycles. The van der Waals surface area contributed by atoms with Crippen LogP contribution in [-0.2, 0) is 16.0 Å². The van der Waals surface area contributed by atoms with E-state index in [0.717, 1.165) is 36.0 Å². The summed E-state index contributed by atoms with van der Waals surface area (Å²) in [4.78, 5) is 34.4. The first-order valence-electron chi connectivity index (χ1n) is 11.4. The first-order valence-corrected chi connectivity index (χ1v) is 11.4. The third kappa shape index (κ3) is 5.04. The van der Waals surface area contributed by atoms with Crippen molar-refractivity contribution in [1.82, 2.24) is 14.8 Å². The zero-order valence-corrected chi connectivity index (χ0v) is 18.2. The number of carbonyl (C=O) groups excluding carboxylic acids is 2. The highest BCUT2D eigenvalue weighted by atomic mass is 16.2. The number of benzene rings is 1. The number of nitrogens with zero attached hydrogens (tertiary/aromatic N) is 3. The molecule has 162 valence electrons. The Hall–Kier alpha value is -2.95. The average Bonchev–Trinajstić information content (AvgIpc) is 2.99. The standard InChI is InChI=1S/C26H31N3O2/c1-2-28-15-16-29(25(30)22-7-4-3-5-8-22)19-24(26(28)31)17-20-10-12-21(13-11-20)23-9-6-14-27-18-23/h3-4,6,9-14,18,22,24H,2,5,7-8,15-17,19H2,1H3/t22-,24-/m1/s1. The van der Waals surface area contributed by atoms with Gasteiger partial charge < -0.3 is 9.80 Å². The second-order valence-electron chi connectivity index (χ2n) is 8.52. The molecule has 5 heteroatoms. The van der Waals surface area contributed by atoms with Crippen molar-refractivity contribution in [2.45, 2.75) is 32.6 Å². The number of likely N-dealkylation sites (N-methyl/N-ethyl adjacent to an activating group) is 1. The summed E-state index contributed by atoms with van der Waals surface area (Å²) >= 11 is 0. The van der Waals surface area contributed by atoms with Crippen LogP contribution in [0, 0.1) is 11.8 Å². The van der Waals surface area contributed by atoms with Gasteiger partial charge in [0.15, 0.2) is 0 Å². The van der Waals surface area contributed by atoms with E-state index >= 15 is 0 Å². The first-order chi connectivity index (χ1) is 15.2. The Morgan fingerprint density at radius 3 is 2.61 bits per heavy atom. The lowest BCUT2D eigenvalue weighted by Gasteiger charge is -2.28. The second-order valence-corrected chi connectivity index (χ2v) is 8.52. The van der Waals surface area contributed by atoms with Gasteiger partial charge in [0.25, 0.3) is 0 Å². The lowest BCUT2D eigenvalue weighted by Crippen LogP contribution is -2.41. The van der Waals surface area contributed by atoms with Gasteiger partial charge in [0.1, 0.15) is 0 Å². The molecule has 1 aliphatic carbocycles. The number of rotatable bonds is 5. The largest absolute Gasteiger partial charge is 0.341 e. The molecule has 31 heavy (non-hydrogen) atoms. The van der Waals surface area contributed by atoms with E-state index in [4.69, 9.17) is 0 Å². The van der Waals surface area contributed by atoms with Gasteiger partial charge in [-0.15, -0.1) is 0 Å². The van der Waals surface area contributed by atoms with E-state index in [-0.39, 0.29) is 23.7 Å². The molecule has 2 aromatic rings. The Morgan fingerprint density at radius 1 is 1.10 bits per heavy atom. The number of hydrogen-bond donors (Lipinski definition) is 0. The van der Waals surface area contributed by atoms with Crippen molar-refractivity contribution in [3.63, 3.8) is 0 Å². The highest BCUT2D eigenvalue weighted by Crippen LogP contribution is 2.25. The number of carbonyl (C=O) groups is 2. The van der Waals surface area contributed by atoms with Crippen LogP contribution in [0.15, 0.2) is 60.9 Å². The summed E-state index contributed by atoms with van der Waals surface area (Å²) in [5.41, 5.74) is 3.31. The van der Waals surface area contributed by atoms with E-state index in [9.17, 15) is 9.59 Å². The third-order valence-corrected chi connectivity index (χ3v) is 6.48. The molecule has 2 aliphatic rings. The molecule has 1 fully saturated rings. The van der Waals surface area contributed by atoms with Crippen molar-refractivity contribution in [2.75, 3.05) is 26.2 Å². The minimum absolute atomic E-state index is 0.0627. The Bertz CT molecular complexity index is 923. The fourth-order valence-corrected chi connectivity index (χ4v) is 4.64. The van der Waals surface area contributed by atoms with Crippen LogP contribution >= 0.6 is 0 Å². The lowest BCUT2D eigenvalue weighted by atomic mass is 9.92. The zero-order valence-electron chi connectivity index (χ0n) is 18.2. The molecule has 0 radical (unpaired) electrons. The summed E-state index contributed by atoms with van der Waals surface area (Å²) in [5.74, 6) is 0.243. The first kappa shape index (κ1) is 21.3. The minimum atomic E-state index is -0.199. The highest BCUT2D eigenvalue weighted by Gasteiger charge is 2.34. The monoisotopic (exact) mass is 417 g/mol. The number of amides is 2. The van der Waals surface area contributed by atoms with Crippen LogP contribution < -0.4 is 0 Å². The summed E-state index contributed by atoms with van der Waals surface area (Å²) in [5, 5.41) is 0. The molecule has 0 bridgehead atoms. The van der Waals surface area contributed by atoms with E-state index in [1.54, 1.807) is 6.20 Å². The van der Waals surface area contributed by atoms with Gasteiger partial charge in [-0.25, -0.2) is 0 Å². The molecule has 2 atom stereocenters. The molecule has 0 unspecified atom stereocenters. The topological polar surface area (TPSA) is 53.5 Å². The van der Waals surface area contributed by atoms with E-state index < -0.39 is 0 Å². The van der Waals surface area contributed by atoms with Gasteiger partial charge in [-0.2, -0.15) is 0 Å². The van der Waals surface area contributed by atoms with Gasteiger partial charge in [-0.05, 0) is 55.4 Å². The number of hydrogen-bond acceptors (Lipinski definition) is 3. The highest BCUT2D eigenvalue weighted by molar-refractivity contribution is 5.83. The van der Waals surface area contributed by atoms with E-state index in [1.807, 2.05) is 35.1 Å². The van der Waals surface area contributed by atoms with E-state index in [0.29, 0.717) is 32.6 Å². The fraction of sp³-hybridized carbons (Fsp3) is 0.423. The van der Waals surface area contributed by atoms with Crippen LogP contribution in [0.3, 0.4) is 0 Å². The molecule has 1 aromatic carbocycles. The predicted molar refractivity (Wildman–Crippen MR) is 122 cm³/mol. The minimum Gasteiger partial charge on any atom is -0.341 e. The molecule has 2 heterocycles. The van der Waals surface area contributed by atoms with Gasteiger partial charge in [0, 0.05) is 44.5 Å². The van der Waals surface area contributed by atoms with Crippen LogP contribution in [0.25, 0.3) is 11.1 Å². The van der Waals surface area contributed by atoms with E-state index in [1.165, 1.54) is 0 Å². The van der Waals surface area contributed by atoms with Gasteiger partial charge in [0.2, 0.25) is 11.8 Å². The van der Waals surface area contributed by atoms with Crippen molar-refractivity contribution < 1.29 is 9.59 Å². The number of aromatic nitrogens is 1. The molecular weight excluding hydrogens is 386 g/mol. The summed E-state index contributed by atoms with van der Waals surface area (Å²) in [7, 11) is 0. The molecule has 1 aromatic heterocycles. The third-order valence-electron chi connectivity index (χ3n) is 6.48. The molecule has 1 aliphatic heterocycles. The number of allylic oxidation sites excluding steroid dienone is 2. The maximum atomic E-state index is 13.2. The van der Waals surface area contributed by atoms with Crippen LogP contribution in [0.4, 0.5) is 0 Å². The molecular formula is C26H31N3O2. The average molecular weight is 418 g/mol. The molecule has 0 N–H and O–H groups in total. The molecule has 0 saturated carbocycles. The van der Waals surface area contributed by atoms with Gasteiger partial charge in [0.05, 0.1) is 5.92 Å². The molecule has 2 amide bonds. The summed E-state index contributed by atoms with van der Waals surface area (Å²) in [6, 6.07) is 12.3. The Balaban J connectivity index is 1.49. The Morgan fingerprint density at radius 2 is 1.94 bits per heavy atom. The summed E-state index contributed by atoms with van der Waals surface area (Å²) in [6.07, 6.45) is 11.3. The van der Waals surface area contributed by atoms with Crippen LogP contribution in [0.2, 0.25) is 0 Å². The molecule has 0 spiro atoms. The number of pyridine rings is 1. The van der Waals surface area contributed by atoms with Gasteiger partial charge in [-0.3, -0.25) is 14.6 Å². The second kappa shape index (κ2) is 9.90. The van der Waals surface area contributed by atoms with Crippen molar-refractivity contribution in [3.8, 4) is 11.1 Å². The Labute approximate surface area is 184 Å². The van der Waals surface area contributed by atoms with Crippen LogP contribution in [0.1, 0.15) is 31.7 Å². The normalized spacial score (nSPS) is 21.8. The zero-order chi connectivity index (χ0) is 21.6. The smallest absolute Gasteiger partial charge is 0.227 e. The van der Waals surface area contributed by atoms with Crippen LogP contribution in [-0.4, -0.2) is 52.8 Å². The molecule has 5 nitrogen and oxygen atoms in total. The SMILES string of the molecule is CCN1CCN(C(=O)[C@@H]2CC=CCC2)C[C@@H](Cc2ccc(-c3cccnc3)cc2)C1=O. The Kier molecular flexibility index (Phi) is 6.80. The van der Waals surface area contributed by atoms with Crippen molar-refractivity contribution in [1.29, 1.82) is 0 Å². The maximum absolute atomic E-state index is 13.2. The quantitative estimate of drug-likeness (QED) is 0.692. The molecule has 4 rings (SSSR count). The van der Waals surface area contributed by atoms with Crippen molar-refractivity contribution >= 4 is 11.8 Å². The fourth-order valence-electron chi connectivity index (χ4n) is 4.64. The van der Waals surface area contributed by atoms with E-state index in [2.05, 4.69) is 41.4 Å². The van der Waals surface area contributed by atoms with Gasteiger partial charge >= 0.3 is 0 Å². The van der Waals surface area contributed by atoms with Crippen molar-refractivity contribution in [3.05, 3.63) is 66.5 Å².